The van der Waals surface area contributed by atoms with E-state index in [0.717, 1.165) is 18.4 Å². The number of aryl methyl sites for hydroxylation is 2. The van der Waals surface area contributed by atoms with Gasteiger partial charge in [-0.05, 0) is 29.5 Å². The van der Waals surface area contributed by atoms with Gasteiger partial charge in [-0.25, -0.2) is 0 Å². The van der Waals surface area contributed by atoms with Gasteiger partial charge in [0.1, 0.15) is 0 Å². The van der Waals surface area contributed by atoms with Crippen LogP contribution in [0.2, 0.25) is 0 Å². The van der Waals surface area contributed by atoms with Crippen molar-refractivity contribution < 1.29 is 5.11 Å². The van der Waals surface area contributed by atoms with E-state index in [4.69, 9.17) is 5.11 Å². The summed E-state index contributed by atoms with van der Waals surface area (Å²) in [5.74, 6) is 0. The quantitative estimate of drug-likeness (QED) is 0.726. The van der Waals surface area contributed by atoms with Gasteiger partial charge in [0.15, 0.2) is 0 Å². The van der Waals surface area contributed by atoms with Crippen LogP contribution in [-0.2, 0) is 19.4 Å². The zero-order chi connectivity index (χ0) is 8.97. The maximum absolute atomic E-state index is 9.07. The van der Waals surface area contributed by atoms with Gasteiger partial charge in [0, 0.05) is 0 Å². The van der Waals surface area contributed by atoms with Crippen LogP contribution < -0.4 is 0 Å². The van der Waals surface area contributed by atoms with E-state index >= 15 is 0 Å². The predicted molar refractivity (Wildman–Crippen MR) is 51.1 cm³/mol. The smallest absolute Gasteiger partial charge is 0.0684 e. The largest absolute Gasteiger partial charge is 0.392 e. The van der Waals surface area contributed by atoms with Crippen LogP contribution in [0.4, 0.5) is 0 Å². The molecule has 0 amide bonds. The van der Waals surface area contributed by atoms with Crippen molar-refractivity contribution >= 4 is 0 Å². The van der Waals surface area contributed by atoms with E-state index in [0.29, 0.717) is 0 Å². The third kappa shape index (κ3) is 1.86. The Morgan fingerprint density at radius 2 is 1.83 bits per heavy atom. The number of rotatable bonds is 3. The molecule has 0 radical (unpaired) electrons. The lowest BCUT2D eigenvalue weighted by atomic mass is 10.0. The molecule has 0 bridgehead atoms. The Morgan fingerprint density at radius 1 is 1.08 bits per heavy atom. The average Bonchev–Trinajstić information content (AvgIpc) is 2.16. The van der Waals surface area contributed by atoms with E-state index in [2.05, 4.69) is 32.0 Å². The number of aliphatic hydroxyl groups is 1. The first kappa shape index (κ1) is 9.27. The first-order valence-electron chi connectivity index (χ1n) is 4.53. The zero-order valence-electron chi connectivity index (χ0n) is 7.80. The highest BCUT2D eigenvalue weighted by Gasteiger charge is 1.99. The van der Waals surface area contributed by atoms with Gasteiger partial charge < -0.3 is 5.11 Å². The Balaban J connectivity index is 3.02. The normalized spacial score (nSPS) is 10.2. The number of hydrogen-bond acceptors (Lipinski definition) is 1. The minimum Gasteiger partial charge on any atom is -0.392 e. The zero-order valence-corrected chi connectivity index (χ0v) is 7.80. The van der Waals surface area contributed by atoms with Gasteiger partial charge in [-0.1, -0.05) is 32.0 Å². The fourth-order valence-electron chi connectivity index (χ4n) is 1.39. The maximum atomic E-state index is 9.07. The average molecular weight is 164 g/mol. The second-order valence-electron chi connectivity index (χ2n) is 2.97. The summed E-state index contributed by atoms with van der Waals surface area (Å²) in [5, 5.41) is 9.07. The molecule has 0 spiro atoms. The Morgan fingerprint density at radius 3 is 2.33 bits per heavy atom. The van der Waals surface area contributed by atoms with Crippen molar-refractivity contribution in [3.63, 3.8) is 0 Å². The molecule has 0 fully saturated rings. The number of benzene rings is 1. The van der Waals surface area contributed by atoms with E-state index in [1.807, 2.05) is 0 Å². The molecule has 0 aromatic heterocycles. The van der Waals surface area contributed by atoms with Gasteiger partial charge in [0.2, 0.25) is 0 Å². The lowest BCUT2D eigenvalue weighted by Gasteiger charge is -2.06. The van der Waals surface area contributed by atoms with Crippen LogP contribution in [0.1, 0.15) is 30.5 Å². The number of hydrogen-bond donors (Lipinski definition) is 1. The van der Waals surface area contributed by atoms with Crippen LogP contribution in [0.5, 0.6) is 0 Å². The highest BCUT2D eigenvalue weighted by Crippen LogP contribution is 2.13. The van der Waals surface area contributed by atoms with E-state index < -0.39 is 0 Å². The second kappa shape index (κ2) is 4.27. The van der Waals surface area contributed by atoms with Crippen molar-refractivity contribution in [2.75, 3.05) is 0 Å². The van der Waals surface area contributed by atoms with Crippen molar-refractivity contribution in [1.29, 1.82) is 0 Å². The van der Waals surface area contributed by atoms with Gasteiger partial charge in [-0.2, -0.15) is 0 Å². The van der Waals surface area contributed by atoms with Crippen LogP contribution >= 0.6 is 0 Å². The van der Waals surface area contributed by atoms with E-state index in [1.165, 1.54) is 11.1 Å². The molecule has 1 heteroatoms. The van der Waals surface area contributed by atoms with Crippen molar-refractivity contribution in [2.45, 2.75) is 33.3 Å². The third-order valence-corrected chi connectivity index (χ3v) is 2.23. The number of aliphatic hydroxyl groups excluding tert-OH is 1. The minimum atomic E-state index is 0.164. The fraction of sp³-hybridized carbons (Fsp3) is 0.455. The molecule has 0 aliphatic heterocycles. The lowest BCUT2D eigenvalue weighted by Crippen LogP contribution is -1.94. The van der Waals surface area contributed by atoms with Crippen molar-refractivity contribution in [2.24, 2.45) is 0 Å². The molecule has 12 heavy (non-hydrogen) atoms. The summed E-state index contributed by atoms with van der Waals surface area (Å²) in [5.41, 5.74) is 3.64. The predicted octanol–water partition coefficient (Wildman–Crippen LogP) is 2.30. The Bertz CT molecular complexity index is 253. The fourth-order valence-corrected chi connectivity index (χ4v) is 1.39. The molecule has 0 aliphatic rings. The third-order valence-electron chi connectivity index (χ3n) is 2.23. The Kier molecular flexibility index (Phi) is 3.30. The molecule has 0 saturated heterocycles. The Hall–Kier alpha value is -0.820. The van der Waals surface area contributed by atoms with E-state index in [9.17, 15) is 0 Å². The van der Waals surface area contributed by atoms with Crippen molar-refractivity contribution in [1.82, 2.24) is 0 Å². The minimum absolute atomic E-state index is 0.164. The molecule has 1 rings (SSSR count). The van der Waals surface area contributed by atoms with Gasteiger partial charge >= 0.3 is 0 Å². The highest BCUT2D eigenvalue weighted by atomic mass is 16.3. The van der Waals surface area contributed by atoms with Crippen LogP contribution in [0.3, 0.4) is 0 Å². The molecule has 66 valence electrons. The standard InChI is InChI=1S/C11H16O/c1-3-9-5-6-10(4-2)11(7-9)8-12/h5-7,12H,3-4,8H2,1-2H3. The van der Waals surface area contributed by atoms with Crippen molar-refractivity contribution in [3.05, 3.63) is 34.9 Å². The highest BCUT2D eigenvalue weighted by molar-refractivity contribution is 5.31. The van der Waals surface area contributed by atoms with E-state index in [-0.39, 0.29) is 6.61 Å². The van der Waals surface area contributed by atoms with Gasteiger partial charge in [0.25, 0.3) is 0 Å². The van der Waals surface area contributed by atoms with E-state index in [1.54, 1.807) is 0 Å². The topological polar surface area (TPSA) is 20.2 Å². The molecule has 1 aromatic carbocycles. The second-order valence-corrected chi connectivity index (χ2v) is 2.97. The van der Waals surface area contributed by atoms with Crippen LogP contribution in [-0.4, -0.2) is 5.11 Å². The molecular formula is C11H16O. The first-order valence-corrected chi connectivity index (χ1v) is 4.53. The monoisotopic (exact) mass is 164 g/mol. The van der Waals surface area contributed by atoms with Crippen LogP contribution in [0.25, 0.3) is 0 Å². The molecule has 1 N–H and O–H groups in total. The summed E-state index contributed by atoms with van der Waals surface area (Å²) < 4.78 is 0. The Labute approximate surface area is 74.1 Å². The van der Waals surface area contributed by atoms with Crippen molar-refractivity contribution in [3.8, 4) is 0 Å². The van der Waals surface area contributed by atoms with Gasteiger partial charge in [0.05, 0.1) is 6.61 Å². The maximum Gasteiger partial charge on any atom is 0.0684 e. The van der Waals surface area contributed by atoms with Gasteiger partial charge in [-0.3, -0.25) is 0 Å². The first-order chi connectivity index (χ1) is 5.81. The summed E-state index contributed by atoms with van der Waals surface area (Å²) in [6, 6.07) is 6.35. The molecule has 0 unspecified atom stereocenters. The van der Waals surface area contributed by atoms with Gasteiger partial charge in [-0.15, -0.1) is 0 Å². The summed E-state index contributed by atoms with van der Waals surface area (Å²) in [4.78, 5) is 0. The summed E-state index contributed by atoms with van der Waals surface area (Å²) in [6.07, 6.45) is 2.04. The molecule has 0 heterocycles. The van der Waals surface area contributed by atoms with Crippen LogP contribution in [0, 0.1) is 0 Å². The molecule has 0 saturated carbocycles. The molecule has 0 atom stereocenters. The molecule has 0 aliphatic carbocycles. The lowest BCUT2D eigenvalue weighted by molar-refractivity contribution is 0.280. The summed E-state index contributed by atoms with van der Waals surface area (Å²) >= 11 is 0. The van der Waals surface area contributed by atoms with Crippen LogP contribution in [0.15, 0.2) is 18.2 Å². The molecule has 1 nitrogen and oxygen atoms in total. The molecular weight excluding hydrogens is 148 g/mol. The SMILES string of the molecule is CCc1ccc(CC)c(CO)c1. The summed E-state index contributed by atoms with van der Waals surface area (Å²) in [7, 11) is 0. The molecule has 1 aromatic rings. The summed E-state index contributed by atoms with van der Waals surface area (Å²) in [6.45, 7) is 4.40.